The number of aliphatic hydroxyl groups is 1. The van der Waals surface area contributed by atoms with Gasteiger partial charge in [-0.25, -0.2) is 13.6 Å². The lowest BCUT2D eigenvalue weighted by Gasteiger charge is -2.28. The monoisotopic (exact) mass is 243 g/mol. The summed E-state index contributed by atoms with van der Waals surface area (Å²) in [5, 5.41) is 20.2. The van der Waals surface area contributed by atoms with Gasteiger partial charge in [0.25, 0.3) is 0 Å². The largest absolute Gasteiger partial charge is 0.465 e. The zero-order chi connectivity index (χ0) is 12.6. The summed E-state index contributed by atoms with van der Waals surface area (Å²) in [5.41, 5.74) is -0.862. The lowest BCUT2D eigenvalue weighted by molar-refractivity contribution is 0.137. The number of hydrogen-bond donors (Lipinski definition) is 3. The molecule has 0 aromatic heterocycles. The maximum absolute atomic E-state index is 13.5. The molecule has 17 heavy (non-hydrogen) atoms. The quantitative estimate of drug-likeness (QED) is 0.734. The predicted octanol–water partition coefficient (Wildman–Crippen LogP) is 1.37. The minimum atomic E-state index is -1.34. The number of aliphatic hydroxyl groups excluding tert-OH is 1. The van der Waals surface area contributed by atoms with Crippen molar-refractivity contribution < 1.29 is 23.8 Å². The fourth-order valence-corrected chi connectivity index (χ4v) is 2.30. The molecule has 1 atom stereocenters. The highest BCUT2D eigenvalue weighted by atomic mass is 19.1. The molecular weight excluding hydrogens is 232 g/mol. The molecule has 0 heterocycles. The first-order chi connectivity index (χ1) is 7.98. The molecule has 0 bridgehead atoms. The van der Waals surface area contributed by atoms with Crippen LogP contribution in [0.25, 0.3) is 0 Å². The van der Waals surface area contributed by atoms with E-state index in [0.717, 1.165) is 12.1 Å². The predicted molar refractivity (Wildman–Crippen MR) is 54.6 cm³/mol. The van der Waals surface area contributed by atoms with E-state index in [1.54, 1.807) is 0 Å². The maximum atomic E-state index is 13.5. The molecule has 0 fully saturated rings. The van der Waals surface area contributed by atoms with E-state index in [1.165, 1.54) is 0 Å². The molecule has 2 rings (SSSR count). The van der Waals surface area contributed by atoms with Gasteiger partial charge in [-0.15, -0.1) is 0 Å². The van der Waals surface area contributed by atoms with E-state index in [4.69, 9.17) is 5.11 Å². The molecule has 4 nitrogen and oxygen atoms in total. The Hall–Kier alpha value is -1.69. The maximum Gasteiger partial charge on any atom is 0.405 e. The average molecular weight is 243 g/mol. The normalized spacial score (nSPS) is 22.3. The number of fused-ring (bicyclic) bond motifs is 1. The van der Waals surface area contributed by atoms with E-state index in [-0.39, 0.29) is 24.0 Å². The Kier molecular flexibility index (Phi) is 2.74. The lowest BCUT2D eigenvalue weighted by Crippen LogP contribution is -2.46. The van der Waals surface area contributed by atoms with Crippen molar-refractivity contribution in [2.75, 3.05) is 6.61 Å². The Morgan fingerprint density at radius 1 is 1.47 bits per heavy atom. The smallest absolute Gasteiger partial charge is 0.405 e. The number of hydrogen-bond acceptors (Lipinski definition) is 2. The third kappa shape index (κ3) is 1.84. The van der Waals surface area contributed by atoms with Gasteiger partial charge in [0, 0.05) is 6.07 Å². The molecule has 1 aliphatic rings. The summed E-state index contributed by atoms with van der Waals surface area (Å²) in [6.07, 6.45) is -0.857. The van der Waals surface area contributed by atoms with Gasteiger partial charge in [0.1, 0.15) is 11.6 Å². The van der Waals surface area contributed by atoms with Crippen molar-refractivity contribution in [3.63, 3.8) is 0 Å². The van der Waals surface area contributed by atoms with Gasteiger partial charge in [0.2, 0.25) is 0 Å². The SMILES string of the molecule is O=C(O)NC1(CO)CCc2c(F)cc(F)cc21. The van der Waals surface area contributed by atoms with Crippen molar-refractivity contribution in [2.24, 2.45) is 0 Å². The summed E-state index contributed by atoms with van der Waals surface area (Å²) in [5.74, 6) is -1.49. The Morgan fingerprint density at radius 3 is 2.76 bits per heavy atom. The second-order valence-electron chi connectivity index (χ2n) is 4.08. The number of benzene rings is 1. The number of halogens is 2. The summed E-state index contributed by atoms with van der Waals surface area (Å²) in [6.45, 7) is -0.533. The number of carboxylic acid groups (broad SMARTS) is 1. The number of nitrogens with one attached hydrogen (secondary N) is 1. The zero-order valence-corrected chi connectivity index (χ0v) is 8.83. The van der Waals surface area contributed by atoms with Gasteiger partial charge >= 0.3 is 6.09 Å². The third-order valence-corrected chi connectivity index (χ3v) is 3.09. The van der Waals surface area contributed by atoms with Gasteiger partial charge in [-0.2, -0.15) is 0 Å². The molecule has 0 spiro atoms. The average Bonchev–Trinajstić information content (AvgIpc) is 2.57. The summed E-state index contributed by atoms with van der Waals surface area (Å²) >= 11 is 0. The van der Waals surface area contributed by atoms with Crippen LogP contribution >= 0.6 is 0 Å². The highest BCUT2D eigenvalue weighted by molar-refractivity contribution is 5.67. The van der Waals surface area contributed by atoms with E-state index < -0.39 is 29.9 Å². The topological polar surface area (TPSA) is 69.6 Å². The summed E-state index contributed by atoms with van der Waals surface area (Å²) < 4.78 is 26.6. The van der Waals surface area contributed by atoms with Crippen LogP contribution < -0.4 is 5.32 Å². The molecule has 3 N–H and O–H groups in total. The van der Waals surface area contributed by atoms with Crippen LogP contribution in [0.2, 0.25) is 0 Å². The molecule has 0 aliphatic heterocycles. The Balaban J connectivity index is 2.53. The van der Waals surface area contributed by atoms with Gasteiger partial charge in [0.05, 0.1) is 12.1 Å². The van der Waals surface area contributed by atoms with E-state index in [0.29, 0.717) is 0 Å². The molecule has 0 saturated carbocycles. The molecule has 1 aromatic carbocycles. The zero-order valence-electron chi connectivity index (χ0n) is 8.83. The van der Waals surface area contributed by atoms with Crippen molar-refractivity contribution in [3.05, 3.63) is 34.9 Å². The first-order valence-electron chi connectivity index (χ1n) is 5.09. The third-order valence-electron chi connectivity index (χ3n) is 3.09. The summed E-state index contributed by atoms with van der Waals surface area (Å²) in [6, 6.07) is 1.82. The van der Waals surface area contributed by atoms with Crippen molar-refractivity contribution >= 4 is 6.09 Å². The Labute approximate surface area is 95.9 Å². The fourth-order valence-electron chi connectivity index (χ4n) is 2.30. The molecule has 1 unspecified atom stereocenters. The summed E-state index contributed by atoms with van der Waals surface area (Å²) in [7, 11) is 0. The van der Waals surface area contributed by atoms with Gasteiger partial charge in [-0.3, -0.25) is 0 Å². The van der Waals surface area contributed by atoms with Gasteiger partial charge in [-0.05, 0) is 30.0 Å². The molecule has 1 aromatic rings. The van der Waals surface area contributed by atoms with Crippen LogP contribution in [-0.2, 0) is 12.0 Å². The number of rotatable bonds is 2. The van der Waals surface area contributed by atoms with Gasteiger partial charge in [-0.1, -0.05) is 0 Å². The van der Waals surface area contributed by atoms with Gasteiger partial charge in [0.15, 0.2) is 0 Å². The highest BCUT2D eigenvalue weighted by Gasteiger charge is 2.41. The lowest BCUT2D eigenvalue weighted by atomic mass is 9.92. The summed E-state index contributed by atoms with van der Waals surface area (Å²) in [4.78, 5) is 10.7. The molecule has 1 amide bonds. The highest BCUT2D eigenvalue weighted by Crippen LogP contribution is 2.38. The van der Waals surface area contributed by atoms with Crippen LogP contribution in [0.5, 0.6) is 0 Å². The van der Waals surface area contributed by atoms with E-state index in [1.807, 2.05) is 0 Å². The molecule has 6 heteroatoms. The first-order valence-corrected chi connectivity index (χ1v) is 5.09. The Bertz CT molecular complexity index is 478. The van der Waals surface area contributed by atoms with Crippen LogP contribution in [0.3, 0.4) is 0 Å². The van der Waals surface area contributed by atoms with Crippen LogP contribution in [0.1, 0.15) is 17.5 Å². The first kappa shape index (κ1) is 11.8. The van der Waals surface area contributed by atoms with Crippen LogP contribution in [-0.4, -0.2) is 22.9 Å². The minimum Gasteiger partial charge on any atom is -0.465 e. The van der Waals surface area contributed by atoms with E-state index in [2.05, 4.69) is 5.32 Å². The van der Waals surface area contributed by atoms with Gasteiger partial charge < -0.3 is 15.5 Å². The molecule has 0 radical (unpaired) electrons. The molecule has 92 valence electrons. The molecule has 1 aliphatic carbocycles. The van der Waals surface area contributed by atoms with E-state index >= 15 is 0 Å². The van der Waals surface area contributed by atoms with Crippen molar-refractivity contribution in [2.45, 2.75) is 18.4 Å². The van der Waals surface area contributed by atoms with Crippen molar-refractivity contribution in [1.82, 2.24) is 5.32 Å². The number of amides is 1. The van der Waals surface area contributed by atoms with Crippen molar-refractivity contribution in [3.8, 4) is 0 Å². The number of carbonyl (C=O) groups is 1. The van der Waals surface area contributed by atoms with Crippen LogP contribution in [0.4, 0.5) is 13.6 Å². The van der Waals surface area contributed by atoms with Crippen LogP contribution in [0.15, 0.2) is 12.1 Å². The standard InChI is InChI=1S/C11H11F2NO3/c12-6-3-8-7(9(13)4-6)1-2-11(8,5-15)14-10(16)17/h3-4,14-15H,1-2,5H2,(H,16,17). The molecule has 0 saturated heterocycles. The fraction of sp³-hybridized carbons (Fsp3) is 0.364. The minimum absolute atomic E-state index is 0.180. The molecular formula is C11H11F2NO3. The second kappa shape index (κ2) is 3.96. The Morgan fingerprint density at radius 2 is 2.18 bits per heavy atom. The van der Waals surface area contributed by atoms with E-state index in [9.17, 15) is 18.7 Å². The van der Waals surface area contributed by atoms with Crippen molar-refractivity contribution in [1.29, 1.82) is 0 Å². The van der Waals surface area contributed by atoms with Crippen LogP contribution in [0, 0.1) is 11.6 Å². The second-order valence-corrected chi connectivity index (χ2v) is 4.08.